The SMILES string of the molecule is Br.CC(=O)OC(CNC(C)C)COc1ccc(O)cc1. The Kier molecular flexibility index (Phi) is 9.00. The number of nitrogens with one attached hydrogen (secondary N) is 1. The first kappa shape index (κ1) is 18.7. The summed E-state index contributed by atoms with van der Waals surface area (Å²) in [5.41, 5.74) is 0. The van der Waals surface area contributed by atoms with E-state index in [9.17, 15) is 4.79 Å². The first-order chi connectivity index (χ1) is 8.97. The Morgan fingerprint density at radius 3 is 2.40 bits per heavy atom. The number of phenolic OH excluding ortho intramolecular Hbond substituents is 1. The van der Waals surface area contributed by atoms with Gasteiger partial charge in [-0.15, -0.1) is 17.0 Å². The summed E-state index contributed by atoms with van der Waals surface area (Å²) in [5.74, 6) is 0.481. The fourth-order valence-corrected chi connectivity index (χ4v) is 1.47. The molecule has 0 spiro atoms. The average molecular weight is 348 g/mol. The Balaban J connectivity index is 0.00000361. The first-order valence-electron chi connectivity index (χ1n) is 6.30. The molecule has 0 saturated heterocycles. The molecule has 0 amide bonds. The second kappa shape index (κ2) is 9.61. The lowest BCUT2D eigenvalue weighted by Gasteiger charge is -2.19. The van der Waals surface area contributed by atoms with Gasteiger partial charge in [0, 0.05) is 19.5 Å². The number of benzene rings is 1. The lowest BCUT2D eigenvalue weighted by molar-refractivity contribution is -0.147. The molecule has 1 unspecified atom stereocenters. The minimum atomic E-state index is -0.339. The summed E-state index contributed by atoms with van der Waals surface area (Å²) in [7, 11) is 0. The maximum atomic E-state index is 11.0. The highest BCUT2D eigenvalue weighted by Gasteiger charge is 2.13. The lowest BCUT2D eigenvalue weighted by atomic mass is 10.3. The van der Waals surface area contributed by atoms with E-state index in [0.717, 1.165) is 0 Å². The van der Waals surface area contributed by atoms with Crippen molar-refractivity contribution in [2.24, 2.45) is 0 Å². The Morgan fingerprint density at radius 1 is 1.30 bits per heavy atom. The summed E-state index contributed by atoms with van der Waals surface area (Å²) in [6, 6.07) is 6.73. The van der Waals surface area contributed by atoms with Crippen molar-refractivity contribution in [1.82, 2.24) is 5.32 Å². The van der Waals surface area contributed by atoms with Crippen LogP contribution in [-0.4, -0.2) is 36.4 Å². The van der Waals surface area contributed by atoms with Crippen LogP contribution >= 0.6 is 17.0 Å². The fraction of sp³-hybridized carbons (Fsp3) is 0.500. The molecule has 20 heavy (non-hydrogen) atoms. The summed E-state index contributed by atoms with van der Waals surface area (Å²) in [6.45, 7) is 6.22. The molecule has 0 heterocycles. The van der Waals surface area contributed by atoms with Crippen LogP contribution in [-0.2, 0) is 9.53 Å². The van der Waals surface area contributed by atoms with E-state index in [1.807, 2.05) is 13.8 Å². The number of carbonyl (C=O) groups is 1. The summed E-state index contributed by atoms with van der Waals surface area (Å²) in [4.78, 5) is 11.0. The molecular formula is C14H22BrNO4. The predicted molar refractivity (Wildman–Crippen MR) is 82.6 cm³/mol. The van der Waals surface area contributed by atoms with E-state index in [1.165, 1.54) is 6.92 Å². The van der Waals surface area contributed by atoms with Gasteiger partial charge in [0.1, 0.15) is 24.2 Å². The van der Waals surface area contributed by atoms with Gasteiger partial charge in [0.15, 0.2) is 0 Å². The number of hydrogen-bond acceptors (Lipinski definition) is 5. The summed E-state index contributed by atoms with van der Waals surface area (Å²) >= 11 is 0. The minimum absolute atomic E-state index is 0. The zero-order chi connectivity index (χ0) is 14.3. The third-order valence-electron chi connectivity index (χ3n) is 2.36. The minimum Gasteiger partial charge on any atom is -0.508 e. The molecule has 0 aliphatic carbocycles. The van der Waals surface area contributed by atoms with Gasteiger partial charge < -0.3 is 19.9 Å². The maximum absolute atomic E-state index is 11.0. The van der Waals surface area contributed by atoms with Crippen molar-refractivity contribution in [2.75, 3.05) is 13.2 Å². The van der Waals surface area contributed by atoms with Crippen LogP contribution in [0, 0.1) is 0 Å². The molecule has 0 aliphatic rings. The normalized spacial score (nSPS) is 11.6. The van der Waals surface area contributed by atoms with E-state index in [-0.39, 0.29) is 41.4 Å². The highest BCUT2D eigenvalue weighted by molar-refractivity contribution is 8.93. The number of carbonyl (C=O) groups excluding carboxylic acids is 1. The van der Waals surface area contributed by atoms with E-state index in [1.54, 1.807) is 24.3 Å². The van der Waals surface area contributed by atoms with Crippen molar-refractivity contribution in [1.29, 1.82) is 0 Å². The molecule has 114 valence electrons. The second-order valence-electron chi connectivity index (χ2n) is 4.60. The number of hydrogen-bond donors (Lipinski definition) is 2. The third kappa shape index (κ3) is 8.01. The third-order valence-corrected chi connectivity index (χ3v) is 2.36. The molecule has 1 rings (SSSR count). The van der Waals surface area contributed by atoms with Crippen molar-refractivity contribution >= 4 is 23.0 Å². The topological polar surface area (TPSA) is 67.8 Å². The highest BCUT2D eigenvalue weighted by atomic mass is 79.9. The molecule has 0 aliphatic heterocycles. The number of rotatable bonds is 7. The zero-order valence-electron chi connectivity index (χ0n) is 12.0. The van der Waals surface area contributed by atoms with Gasteiger partial charge in [0.2, 0.25) is 0 Å². The Hall–Kier alpha value is -1.27. The van der Waals surface area contributed by atoms with Crippen LogP contribution in [0.15, 0.2) is 24.3 Å². The average Bonchev–Trinajstić information content (AvgIpc) is 2.34. The molecule has 5 nitrogen and oxygen atoms in total. The van der Waals surface area contributed by atoms with Gasteiger partial charge in [-0.05, 0) is 24.3 Å². The van der Waals surface area contributed by atoms with Crippen LogP contribution in [0.2, 0.25) is 0 Å². The van der Waals surface area contributed by atoms with Gasteiger partial charge in [-0.3, -0.25) is 4.79 Å². The van der Waals surface area contributed by atoms with Gasteiger partial charge in [0.25, 0.3) is 0 Å². The van der Waals surface area contributed by atoms with Gasteiger partial charge >= 0.3 is 5.97 Å². The molecule has 0 fully saturated rings. The van der Waals surface area contributed by atoms with Gasteiger partial charge in [0.05, 0.1) is 0 Å². The highest BCUT2D eigenvalue weighted by Crippen LogP contribution is 2.16. The van der Waals surface area contributed by atoms with Crippen molar-refractivity contribution in [2.45, 2.75) is 32.9 Å². The molecule has 0 aromatic heterocycles. The van der Waals surface area contributed by atoms with E-state index in [0.29, 0.717) is 18.3 Å². The van der Waals surface area contributed by atoms with E-state index in [4.69, 9.17) is 14.6 Å². The standard InChI is InChI=1S/C14H21NO4.BrH/c1-10(2)15-8-14(19-11(3)16)9-18-13-6-4-12(17)5-7-13;/h4-7,10,14-15,17H,8-9H2,1-3H3;1H. The summed E-state index contributed by atoms with van der Waals surface area (Å²) in [6.07, 6.45) is -0.339. The van der Waals surface area contributed by atoms with Crippen LogP contribution in [0.4, 0.5) is 0 Å². The monoisotopic (exact) mass is 347 g/mol. The van der Waals surface area contributed by atoms with Crippen molar-refractivity contribution in [3.05, 3.63) is 24.3 Å². The molecule has 0 radical (unpaired) electrons. The maximum Gasteiger partial charge on any atom is 0.303 e. The fourth-order valence-electron chi connectivity index (χ4n) is 1.47. The van der Waals surface area contributed by atoms with E-state index >= 15 is 0 Å². The van der Waals surface area contributed by atoms with Crippen LogP contribution in [0.25, 0.3) is 0 Å². The molecule has 0 saturated carbocycles. The Morgan fingerprint density at radius 2 is 1.90 bits per heavy atom. The number of ether oxygens (including phenoxy) is 2. The smallest absolute Gasteiger partial charge is 0.303 e. The summed E-state index contributed by atoms with van der Waals surface area (Å²) < 4.78 is 10.7. The van der Waals surface area contributed by atoms with Crippen molar-refractivity contribution in [3.63, 3.8) is 0 Å². The van der Waals surface area contributed by atoms with Crippen LogP contribution in [0.1, 0.15) is 20.8 Å². The molecule has 1 atom stereocenters. The number of aromatic hydroxyl groups is 1. The Labute approximate surface area is 130 Å². The van der Waals surface area contributed by atoms with Gasteiger partial charge in [-0.25, -0.2) is 0 Å². The lowest BCUT2D eigenvalue weighted by Crippen LogP contribution is -2.38. The quantitative estimate of drug-likeness (QED) is 0.740. The first-order valence-corrected chi connectivity index (χ1v) is 6.30. The summed E-state index contributed by atoms with van der Waals surface area (Å²) in [5, 5.41) is 12.4. The molecule has 2 N–H and O–H groups in total. The van der Waals surface area contributed by atoms with Crippen molar-refractivity contribution < 1.29 is 19.4 Å². The number of phenols is 1. The Bertz CT molecular complexity index is 395. The second-order valence-corrected chi connectivity index (χ2v) is 4.60. The number of halogens is 1. The van der Waals surface area contributed by atoms with Gasteiger partial charge in [-0.2, -0.15) is 0 Å². The molecule has 0 bridgehead atoms. The van der Waals surface area contributed by atoms with Crippen LogP contribution < -0.4 is 10.1 Å². The molecular weight excluding hydrogens is 326 g/mol. The van der Waals surface area contributed by atoms with E-state index in [2.05, 4.69) is 5.32 Å². The molecule has 1 aromatic carbocycles. The van der Waals surface area contributed by atoms with Crippen LogP contribution in [0.3, 0.4) is 0 Å². The zero-order valence-corrected chi connectivity index (χ0v) is 13.7. The van der Waals surface area contributed by atoms with E-state index < -0.39 is 0 Å². The molecule has 6 heteroatoms. The largest absolute Gasteiger partial charge is 0.508 e. The van der Waals surface area contributed by atoms with Gasteiger partial charge in [-0.1, -0.05) is 13.8 Å². The number of esters is 1. The van der Waals surface area contributed by atoms with Crippen LogP contribution in [0.5, 0.6) is 11.5 Å². The van der Waals surface area contributed by atoms with Crippen molar-refractivity contribution in [3.8, 4) is 11.5 Å². The predicted octanol–water partition coefficient (Wildman–Crippen LogP) is 2.28. The molecule has 1 aromatic rings.